The maximum absolute atomic E-state index is 13.9. The van der Waals surface area contributed by atoms with Crippen LogP contribution in [-0.4, -0.2) is 43.5 Å². The molecule has 1 aliphatic rings. The molecule has 1 aromatic carbocycles. The number of hydrogen-bond acceptors (Lipinski definition) is 3. The fraction of sp³-hybridized carbons (Fsp3) is 0.438. The number of amides is 1. The van der Waals surface area contributed by atoms with Crippen molar-refractivity contribution in [3.05, 3.63) is 35.1 Å². The molecule has 3 N–H and O–H groups in total. The van der Waals surface area contributed by atoms with Gasteiger partial charge < -0.3 is 16.0 Å². The molecule has 1 amide bonds. The molecule has 0 aromatic heterocycles. The van der Waals surface area contributed by atoms with Crippen LogP contribution >= 0.6 is 0 Å². The number of rotatable bonds is 4. The fourth-order valence-corrected chi connectivity index (χ4v) is 2.36. The Balaban J connectivity index is 1.89. The van der Waals surface area contributed by atoms with E-state index >= 15 is 0 Å². The zero-order valence-electron chi connectivity index (χ0n) is 12.0. The Morgan fingerprint density at radius 1 is 1.38 bits per heavy atom. The molecule has 1 saturated heterocycles. The van der Waals surface area contributed by atoms with E-state index in [0.29, 0.717) is 12.1 Å². The van der Waals surface area contributed by atoms with E-state index in [4.69, 9.17) is 5.73 Å². The predicted molar refractivity (Wildman–Crippen MR) is 80.3 cm³/mol. The Kier molecular flexibility index (Phi) is 5.73. The zero-order chi connectivity index (χ0) is 15.1. The largest absolute Gasteiger partial charge is 0.351 e. The molecule has 0 radical (unpaired) electrons. The van der Waals surface area contributed by atoms with Crippen LogP contribution in [0.4, 0.5) is 4.39 Å². The van der Waals surface area contributed by atoms with Crippen molar-refractivity contribution < 1.29 is 9.18 Å². The molecule has 1 heterocycles. The van der Waals surface area contributed by atoms with Gasteiger partial charge in [-0.25, -0.2) is 4.39 Å². The Morgan fingerprint density at radius 3 is 2.81 bits per heavy atom. The van der Waals surface area contributed by atoms with Gasteiger partial charge in [0, 0.05) is 18.7 Å². The summed E-state index contributed by atoms with van der Waals surface area (Å²) in [4.78, 5) is 14.2. The molecule has 5 heteroatoms. The first kappa shape index (κ1) is 15.5. The lowest BCUT2D eigenvalue weighted by Crippen LogP contribution is -2.33. The van der Waals surface area contributed by atoms with Crippen molar-refractivity contribution in [2.45, 2.75) is 12.8 Å². The summed E-state index contributed by atoms with van der Waals surface area (Å²) < 4.78 is 13.9. The smallest absolute Gasteiger partial charge is 0.254 e. The lowest BCUT2D eigenvalue weighted by molar-refractivity contribution is 0.0945. The lowest BCUT2D eigenvalue weighted by atomic mass is 10.1. The van der Waals surface area contributed by atoms with Crippen LogP contribution in [-0.2, 0) is 0 Å². The van der Waals surface area contributed by atoms with E-state index in [9.17, 15) is 9.18 Å². The number of nitrogens with two attached hydrogens (primary N) is 1. The van der Waals surface area contributed by atoms with Crippen LogP contribution in [0.5, 0.6) is 0 Å². The van der Waals surface area contributed by atoms with Gasteiger partial charge >= 0.3 is 0 Å². The van der Waals surface area contributed by atoms with Gasteiger partial charge in [0.1, 0.15) is 5.82 Å². The van der Waals surface area contributed by atoms with Crippen molar-refractivity contribution in [1.29, 1.82) is 0 Å². The Labute approximate surface area is 124 Å². The molecule has 21 heavy (non-hydrogen) atoms. The van der Waals surface area contributed by atoms with Gasteiger partial charge in [-0.05, 0) is 44.1 Å². The molecule has 0 spiro atoms. The van der Waals surface area contributed by atoms with Crippen molar-refractivity contribution in [1.82, 2.24) is 10.2 Å². The molecule has 4 nitrogen and oxygen atoms in total. The van der Waals surface area contributed by atoms with Gasteiger partial charge in [0.15, 0.2) is 0 Å². The summed E-state index contributed by atoms with van der Waals surface area (Å²) in [5.41, 5.74) is 5.83. The van der Waals surface area contributed by atoms with Crippen molar-refractivity contribution in [2.75, 3.05) is 32.7 Å². The Morgan fingerprint density at radius 2 is 2.14 bits per heavy atom. The van der Waals surface area contributed by atoms with E-state index in [2.05, 4.69) is 22.1 Å². The predicted octanol–water partition coefficient (Wildman–Crippen LogP) is 0.961. The first-order chi connectivity index (χ1) is 10.2. The fourth-order valence-electron chi connectivity index (χ4n) is 2.36. The molecule has 2 rings (SSSR count). The van der Waals surface area contributed by atoms with Gasteiger partial charge in [0.2, 0.25) is 0 Å². The van der Waals surface area contributed by atoms with Gasteiger partial charge in [-0.3, -0.25) is 4.79 Å². The van der Waals surface area contributed by atoms with E-state index in [1.54, 1.807) is 6.07 Å². The molecular weight excluding hydrogens is 269 g/mol. The highest BCUT2D eigenvalue weighted by atomic mass is 19.1. The van der Waals surface area contributed by atoms with E-state index in [1.165, 1.54) is 25.0 Å². The van der Waals surface area contributed by atoms with Gasteiger partial charge in [-0.2, -0.15) is 0 Å². The normalized spacial score (nSPS) is 14.6. The van der Waals surface area contributed by atoms with Gasteiger partial charge in [-0.15, -0.1) is 0 Å². The molecule has 112 valence electrons. The molecular formula is C16H20FN3O. The standard InChI is InChI=1S/C16H20FN3O/c17-15-12-13(4-3-7-18)5-6-14(15)16(21)19-8-11-20-9-1-2-10-20/h5-6,12H,1-2,7-11,18H2,(H,19,21). The summed E-state index contributed by atoms with van der Waals surface area (Å²) in [6.45, 7) is 3.73. The minimum absolute atomic E-state index is 0.0507. The number of nitrogens with zero attached hydrogens (tertiary/aromatic N) is 1. The monoisotopic (exact) mass is 289 g/mol. The van der Waals surface area contributed by atoms with Crippen LogP contribution in [0.1, 0.15) is 28.8 Å². The molecule has 0 aliphatic carbocycles. The highest BCUT2D eigenvalue weighted by Crippen LogP contribution is 2.10. The highest BCUT2D eigenvalue weighted by Gasteiger charge is 2.14. The van der Waals surface area contributed by atoms with Crippen molar-refractivity contribution in [3.8, 4) is 11.8 Å². The first-order valence-corrected chi connectivity index (χ1v) is 7.20. The molecule has 0 unspecified atom stereocenters. The maximum atomic E-state index is 13.9. The second-order valence-corrected chi connectivity index (χ2v) is 5.01. The van der Waals surface area contributed by atoms with Crippen LogP contribution in [0.2, 0.25) is 0 Å². The third-order valence-electron chi connectivity index (χ3n) is 3.46. The minimum atomic E-state index is -0.558. The number of benzene rings is 1. The van der Waals surface area contributed by atoms with Crippen LogP contribution < -0.4 is 11.1 Å². The average molecular weight is 289 g/mol. The van der Waals surface area contributed by atoms with Gasteiger partial charge in [0.05, 0.1) is 12.1 Å². The lowest BCUT2D eigenvalue weighted by Gasteiger charge is -2.14. The number of carbonyl (C=O) groups excluding carboxylic acids is 1. The number of hydrogen-bond donors (Lipinski definition) is 2. The summed E-state index contributed by atoms with van der Waals surface area (Å²) >= 11 is 0. The molecule has 1 aromatic rings. The van der Waals surface area contributed by atoms with E-state index < -0.39 is 5.82 Å². The van der Waals surface area contributed by atoms with Crippen LogP contribution in [0.25, 0.3) is 0 Å². The molecule has 0 atom stereocenters. The molecule has 0 bridgehead atoms. The summed E-state index contributed by atoms with van der Waals surface area (Å²) in [5, 5.41) is 2.75. The van der Waals surface area contributed by atoms with Crippen molar-refractivity contribution in [3.63, 3.8) is 0 Å². The first-order valence-electron chi connectivity index (χ1n) is 7.20. The van der Waals surface area contributed by atoms with Crippen LogP contribution in [0.3, 0.4) is 0 Å². The van der Waals surface area contributed by atoms with E-state index in [-0.39, 0.29) is 18.0 Å². The summed E-state index contributed by atoms with van der Waals surface area (Å²) in [5.74, 6) is 4.45. The number of carbonyl (C=O) groups is 1. The number of nitrogens with one attached hydrogen (secondary N) is 1. The van der Waals surface area contributed by atoms with Gasteiger partial charge in [0.25, 0.3) is 5.91 Å². The minimum Gasteiger partial charge on any atom is -0.351 e. The van der Waals surface area contributed by atoms with Gasteiger partial charge in [-0.1, -0.05) is 11.8 Å². The average Bonchev–Trinajstić information content (AvgIpc) is 2.98. The van der Waals surface area contributed by atoms with Crippen molar-refractivity contribution >= 4 is 5.91 Å². The summed E-state index contributed by atoms with van der Waals surface area (Å²) in [6.07, 6.45) is 2.43. The second-order valence-electron chi connectivity index (χ2n) is 5.01. The van der Waals surface area contributed by atoms with E-state index in [1.807, 2.05) is 0 Å². The van der Waals surface area contributed by atoms with Crippen molar-refractivity contribution in [2.24, 2.45) is 5.73 Å². The third kappa shape index (κ3) is 4.55. The van der Waals surface area contributed by atoms with Crippen LogP contribution in [0, 0.1) is 17.7 Å². The molecule has 1 fully saturated rings. The third-order valence-corrected chi connectivity index (χ3v) is 3.46. The molecule has 1 aliphatic heterocycles. The summed E-state index contributed by atoms with van der Waals surface area (Å²) in [7, 11) is 0. The maximum Gasteiger partial charge on any atom is 0.254 e. The Hall–Kier alpha value is -1.90. The highest BCUT2D eigenvalue weighted by molar-refractivity contribution is 5.94. The second kappa shape index (κ2) is 7.77. The molecule has 0 saturated carbocycles. The number of halogens is 1. The SMILES string of the molecule is NCC#Cc1ccc(C(=O)NCCN2CCCC2)c(F)c1. The summed E-state index contributed by atoms with van der Waals surface area (Å²) in [6, 6.07) is 4.35. The quantitative estimate of drug-likeness (QED) is 0.812. The van der Waals surface area contributed by atoms with E-state index in [0.717, 1.165) is 19.6 Å². The zero-order valence-corrected chi connectivity index (χ0v) is 12.0. The number of likely N-dealkylation sites (tertiary alicyclic amines) is 1. The Bertz CT molecular complexity index is 556. The van der Waals surface area contributed by atoms with Crippen LogP contribution in [0.15, 0.2) is 18.2 Å². The topological polar surface area (TPSA) is 58.4 Å².